The van der Waals surface area contributed by atoms with Crippen LogP contribution in [0.15, 0.2) is 24.3 Å². The Morgan fingerprint density at radius 3 is 2.82 bits per heavy atom. The Bertz CT molecular complexity index is 352. The van der Waals surface area contributed by atoms with E-state index < -0.39 is 0 Å². The lowest BCUT2D eigenvalue weighted by atomic mass is 10.3. The summed E-state index contributed by atoms with van der Waals surface area (Å²) in [6, 6.07) is 7.39. The first-order chi connectivity index (χ1) is 8.26. The summed E-state index contributed by atoms with van der Waals surface area (Å²) in [5, 5.41) is 2.79. The number of ether oxygens (including phenoxy) is 2. The van der Waals surface area contributed by atoms with Crippen LogP contribution in [0.3, 0.4) is 0 Å². The van der Waals surface area contributed by atoms with Gasteiger partial charge in [0, 0.05) is 12.5 Å². The Kier molecular flexibility index (Phi) is 5.93. The summed E-state index contributed by atoms with van der Waals surface area (Å²) in [6.07, 6.45) is 1.43. The molecule has 1 aromatic rings. The highest BCUT2D eigenvalue weighted by atomic mass is 16.5. The van der Waals surface area contributed by atoms with Gasteiger partial charge in [-0.05, 0) is 18.6 Å². The predicted octanol–water partition coefficient (Wildman–Crippen LogP) is 1.99. The summed E-state index contributed by atoms with van der Waals surface area (Å²) in [6.45, 7) is 2.96. The minimum Gasteiger partial charge on any atom is -0.497 e. The molecule has 0 spiro atoms. The van der Waals surface area contributed by atoms with E-state index in [9.17, 15) is 4.79 Å². The molecule has 0 fully saturated rings. The Morgan fingerprint density at radius 1 is 1.35 bits per heavy atom. The first-order valence-corrected chi connectivity index (χ1v) is 5.79. The van der Waals surface area contributed by atoms with Gasteiger partial charge in [0.2, 0.25) is 5.91 Å². The molecule has 1 aromatic carbocycles. The monoisotopic (exact) mass is 237 g/mol. The van der Waals surface area contributed by atoms with Crippen molar-refractivity contribution in [1.82, 2.24) is 5.32 Å². The van der Waals surface area contributed by atoms with Crippen LogP contribution in [-0.2, 0) is 4.79 Å². The molecule has 0 aliphatic heterocycles. The topological polar surface area (TPSA) is 47.6 Å². The third-order valence-electron chi connectivity index (χ3n) is 2.21. The number of methoxy groups -OCH3 is 1. The van der Waals surface area contributed by atoms with E-state index in [1.807, 2.05) is 31.2 Å². The van der Waals surface area contributed by atoms with Crippen LogP contribution in [0.1, 0.15) is 19.8 Å². The minimum absolute atomic E-state index is 0.0711. The van der Waals surface area contributed by atoms with E-state index in [1.165, 1.54) is 0 Å². The lowest BCUT2D eigenvalue weighted by Crippen LogP contribution is -2.27. The Labute approximate surface area is 102 Å². The summed E-state index contributed by atoms with van der Waals surface area (Å²) >= 11 is 0. The fraction of sp³-hybridized carbons (Fsp3) is 0.462. The minimum atomic E-state index is 0.0711. The quantitative estimate of drug-likeness (QED) is 0.738. The molecule has 4 nitrogen and oxygen atoms in total. The largest absolute Gasteiger partial charge is 0.497 e. The second-order valence-electron chi connectivity index (χ2n) is 3.63. The summed E-state index contributed by atoms with van der Waals surface area (Å²) in [5.41, 5.74) is 0. The van der Waals surface area contributed by atoms with E-state index in [1.54, 1.807) is 7.11 Å². The van der Waals surface area contributed by atoms with Gasteiger partial charge in [0.1, 0.15) is 18.1 Å². The molecule has 0 saturated heterocycles. The van der Waals surface area contributed by atoms with Crippen molar-refractivity contribution in [3.05, 3.63) is 24.3 Å². The summed E-state index contributed by atoms with van der Waals surface area (Å²) < 4.78 is 10.6. The van der Waals surface area contributed by atoms with Gasteiger partial charge in [-0.3, -0.25) is 4.79 Å². The van der Waals surface area contributed by atoms with Crippen LogP contribution in [0.5, 0.6) is 11.5 Å². The molecular weight excluding hydrogens is 218 g/mol. The molecule has 4 heteroatoms. The van der Waals surface area contributed by atoms with Gasteiger partial charge in [-0.2, -0.15) is 0 Å². The molecule has 1 rings (SSSR count). The number of carbonyl (C=O) groups is 1. The average Bonchev–Trinajstić information content (AvgIpc) is 2.35. The SMILES string of the molecule is CCCC(=O)NCCOc1cccc(OC)c1. The second kappa shape index (κ2) is 7.54. The highest BCUT2D eigenvalue weighted by Crippen LogP contribution is 2.18. The molecule has 1 N–H and O–H groups in total. The molecule has 0 bridgehead atoms. The van der Waals surface area contributed by atoms with Crippen molar-refractivity contribution in [2.24, 2.45) is 0 Å². The maximum Gasteiger partial charge on any atom is 0.220 e. The van der Waals surface area contributed by atoms with Crippen LogP contribution in [0.4, 0.5) is 0 Å². The van der Waals surface area contributed by atoms with Crippen LogP contribution in [-0.4, -0.2) is 26.2 Å². The molecular formula is C13H19NO3. The van der Waals surface area contributed by atoms with Crippen molar-refractivity contribution in [3.63, 3.8) is 0 Å². The van der Waals surface area contributed by atoms with Gasteiger partial charge in [-0.15, -0.1) is 0 Å². The molecule has 0 saturated carbocycles. The fourth-order valence-corrected chi connectivity index (χ4v) is 1.37. The van der Waals surface area contributed by atoms with E-state index in [0.717, 1.165) is 17.9 Å². The van der Waals surface area contributed by atoms with E-state index in [2.05, 4.69) is 5.32 Å². The van der Waals surface area contributed by atoms with Crippen molar-refractivity contribution in [2.45, 2.75) is 19.8 Å². The number of hydrogen-bond donors (Lipinski definition) is 1. The molecule has 94 valence electrons. The molecule has 0 aliphatic rings. The van der Waals surface area contributed by atoms with Gasteiger partial charge < -0.3 is 14.8 Å². The van der Waals surface area contributed by atoms with Gasteiger partial charge in [0.25, 0.3) is 0 Å². The maximum atomic E-state index is 11.2. The lowest BCUT2D eigenvalue weighted by Gasteiger charge is -2.08. The van der Waals surface area contributed by atoms with Crippen molar-refractivity contribution in [3.8, 4) is 11.5 Å². The van der Waals surface area contributed by atoms with Crippen LogP contribution < -0.4 is 14.8 Å². The molecule has 0 heterocycles. The maximum absolute atomic E-state index is 11.2. The molecule has 1 amide bonds. The molecule has 0 atom stereocenters. The van der Waals surface area contributed by atoms with Crippen LogP contribution in [0.25, 0.3) is 0 Å². The first kappa shape index (κ1) is 13.4. The van der Waals surface area contributed by atoms with E-state index in [-0.39, 0.29) is 5.91 Å². The van der Waals surface area contributed by atoms with Crippen molar-refractivity contribution in [1.29, 1.82) is 0 Å². The standard InChI is InChI=1S/C13H19NO3/c1-3-5-13(15)14-8-9-17-12-7-4-6-11(10-12)16-2/h4,6-7,10H,3,5,8-9H2,1-2H3,(H,14,15). The second-order valence-corrected chi connectivity index (χ2v) is 3.63. The van der Waals surface area contributed by atoms with Crippen LogP contribution in [0, 0.1) is 0 Å². The Hall–Kier alpha value is -1.71. The van der Waals surface area contributed by atoms with Gasteiger partial charge in [-0.1, -0.05) is 13.0 Å². The smallest absolute Gasteiger partial charge is 0.220 e. The summed E-state index contributed by atoms with van der Waals surface area (Å²) in [4.78, 5) is 11.2. The van der Waals surface area contributed by atoms with Crippen LogP contribution in [0.2, 0.25) is 0 Å². The van der Waals surface area contributed by atoms with E-state index in [0.29, 0.717) is 19.6 Å². The first-order valence-electron chi connectivity index (χ1n) is 5.79. The van der Waals surface area contributed by atoms with Gasteiger partial charge >= 0.3 is 0 Å². The third-order valence-corrected chi connectivity index (χ3v) is 2.21. The lowest BCUT2D eigenvalue weighted by molar-refractivity contribution is -0.121. The van der Waals surface area contributed by atoms with E-state index in [4.69, 9.17) is 9.47 Å². The van der Waals surface area contributed by atoms with Crippen molar-refractivity contribution in [2.75, 3.05) is 20.3 Å². The number of benzene rings is 1. The zero-order chi connectivity index (χ0) is 12.5. The molecule has 0 unspecified atom stereocenters. The zero-order valence-corrected chi connectivity index (χ0v) is 10.4. The summed E-state index contributed by atoms with van der Waals surface area (Å²) in [7, 11) is 1.62. The molecule has 17 heavy (non-hydrogen) atoms. The normalized spacial score (nSPS) is 9.76. The van der Waals surface area contributed by atoms with E-state index >= 15 is 0 Å². The number of amides is 1. The zero-order valence-electron chi connectivity index (χ0n) is 10.4. The highest BCUT2D eigenvalue weighted by molar-refractivity contribution is 5.75. The highest BCUT2D eigenvalue weighted by Gasteiger charge is 1.99. The Morgan fingerprint density at radius 2 is 2.12 bits per heavy atom. The molecule has 0 aromatic heterocycles. The predicted molar refractivity (Wildman–Crippen MR) is 66.4 cm³/mol. The van der Waals surface area contributed by atoms with Crippen LogP contribution >= 0.6 is 0 Å². The number of nitrogens with one attached hydrogen (secondary N) is 1. The molecule has 0 aliphatic carbocycles. The fourth-order valence-electron chi connectivity index (χ4n) is 1.37. The number of rotatable bonds is 7. The van der Waals surface area contributed by atoms with Gasteiger partial charge in [0.15, 0.2) is 0 Å². The van der Waals surface area contributed by atoms with Crippen molar-refractivity contribution < 1.29 is 14.3 Å². The Balaban J connectivity index is 2.24. The average molecular weight is 237 g/mol. The summed E-state index contributed by atoms with van der Waals surface area (Å²) in [5.74, 6) is 1.58. The number of carbonyl (C=O) groups excluding carboxylic acids is 1. The van der Waals surface area contributed by atoms with Gasteiger partial charge in [0.05, 0.1) is 13.7 Å². The van der Waals surface area contributed by atoms with Gasteiger partial charge in [-0.25, -0.2) is 0 Å². The van der Waals surface area contributed by atoms with Crippen molar-refractivity contribution >= 4 is 5.91 Å². The number of hydrogen-bond acceptors (Lipinski definition) is 3. The molecule has 0 radical (unpaired) electrons. The third kappa shape index (κ3) is 5.24.